The number of nitrogens with two attached hydrogens (primary N) is 1. The molecule has 0 heterocycles. The first-order valence-electron chi connectivity index (χ1n) is 6.83. The fourth-order valence-corrected chi connectivity index (χ4v) is 2.76. The molecule has 0 aliphatic heterocycles. The minimum absolute atomic E-state index is 0.388. The largest absolute Gasteiger partial charge is 0.493 e. The summed E-state index contributed by atoms with van der Waals surface area (Å²) in [6, 6.07) is 3.71. The second-order valence-corrected chi connectivity index (χ2v) is 5.67. The van der Waals surface area contributed by atoms with Crippen LogP contribution in [0.4, 0.5) is 11.4 Å². The highest BCUT2D eigenvalue weighted by Crippen LogP contribution is 2.39. The fourth-order valence-electron chi connectivity index (χ4n) is 2.76. The predicted octanol–water partition coefficient (Wildman–Crippen LogP) is 3.28. The van der Waals surface area contributed by atoms with Gasteiger partial charge in [-0.1, -0.05) is 19.8 Å². The van der Waals surface area contributed by atoms with Crippen LogP contribution in [0.15, 0.2) is 12.1 Å². The van der Waals surface area contributed by atoms with Crippen LogP contribution >= 0.6 is 0 Å². The minimum atomic E-state index is 0.388. The van der Waals surface area contributed by atoms with E-state index in [9.17, 15) is 0 Å². The van der Waals surface area contributed by atoms with E-state index >= 15 is 0 Å². The zero-order chi connectivity index (χ0) is 13.9. The van der Waals surface area contributed by atoms with Crippen molar-refractivity contribution in [2.45, 2.75) is 32.6 Å². The van der Waals surface area contributed by atoms with Gasteiger partial charge in [0, 0.05) is 18.7 Å². The average molecular weight is 264 g/mol. The molecule has 0 amide bonds. The first kappa shape index (κ1) is 13.8. The summed E-state index contributed by atoms with van der Waals surface area (Å²) in [6.45, 7) is 3.29. The minimum Gasteiger partial charge on any atom is -0.493 e. The maximum Gasteiger partial charge on any atom is 0.162 e. The lowest BCUT2D eigenvalue weighted by Crippen LogP contribution is -2.23. The van der Waals surface area contributed by atoms with Crippen molar-refractivity contribution in [3.63, 3.8) is 0 Å². The van der Waals surface area contributed by atoms with Crippen molar-refractivity contribution in [3.05, 3.63) is 12.1 Å². The van der Waals surface area contributed by atoms with Crippen LogP contribution in [0, 0.1) is 5.41 Å². The summed E-state index contributed by atoms with van der Waals surface area (Å²) in [6.07, 6.45) is 5.24. The van der Waals surface area contributed by atoms with Crippen LogP contribution in [0.3, 0.4) is 0 Å². The first-order valence-corrected chi connectivity index (χ1v) is 6.83. The van der Waals surface area contributed by atoms with E-state index in [0.29, 0.717) is 22.6 Å². The summed E-state index contributed by atoms with van der Waals surface area (Å²) < 4.78 is 10.5. The van der Waals surface area contributed by atoms with Gasteiger partial charge in [0.1, 0.15) is 0 Å². The molecular formula is C15H24N2O2. The van der Waals surface area contributed by atoms with E-state index in [1.807, 2.05) is 6.07 Å². The molecule has 1 aliphatic rings. The van der Waals surface area contributed by atoms with E-state index in [2.05, 4.69) is 12.2 Å². The molecule has 1 aromatic carbocycles. The molecule has 0 radical (unpaired) electrons. The molecule has 1 fully saturated rings. The molecule has 1 aliphatic carbocycles. The predicted molar refractivity (Wildman–Crippen MR) is 79.0 cm³/mol. The second kappa shape index (κ2) is 5.59. The highest BCUT2D eigenvalue weighted by atomic mass is 16.5. The number of benzene rings is 1. The normalized spacial score (nSPS) is 17.2. The van der Waals surface area contributed by atoms with Crippen LogP contribution in [-0.4, -0.2) is 20.8 Å². The number of nitrogen functional groups attached to an aromatic ring is 1. The van der Waals surface area contributed by atoms with E-state index < -0.39 is 0 Å². The van der Waals surface area contributed by atoms with E-state index in [0.717, 1.165) is 12.2 Å². The van der Waals surface area contributed by atoms with Crippen LogP contribution in [-0.2, 0) is 0 Å². The standard InChI is InChI=1S/C15H24N2O2/c1-15(6-4-5-7-15)10-17-12-9-14(19-3)13(18-2)8-11(12)16/h8-9,17H,4-7,10,16H2,1-3H3. The number of methoxy groups -OCH3 is 2. The van der Waals surface area contributed by atoms with Gasteiger partial charge in [0.05, 0.1) is 25.6 Å². The van der Waals surface area contributed by atoms with Gasteiger partial charge in [-0.2, -0.15) is 0 Å². The van der Waals surface area contributed by atoms with Gasteiger partial charge < -0.3 is 20.5 Å². The van der Waals surface area contributed by atoms with E-state index in [1.165, 1.54) is 25.7 Å². The van der Waals surface area contributed by atoms with Gasteiger partial charge >= 0.3 is 0 Å². The van der Waals surface area contributed by atoms with E-state index in [-0.39, 0.29) is 0 Å². The molecule has 0 saturated heterocycles. The number of anilines is 2. The Morgan fingerprint density at radius 3 is 2.32 bits per heavy atom. The van der Waals surface area contributed by atoms with Crippen molar-refractivity contribution in [2.75, 3.05) is 31.8 Å². The fraction of sp³-hybridized carbons (Fsp3) is 0.600. The van der Waals surface area contributed by atoms with Crippen molar-refractivity contribution >= 4 is 11.4 Å². The van der Waals surface area contributed by atoms with Crippen LogP contribution < -0.4 is 20.5 Å². The number of hydrogen-bond donors (Lipinski definition) is 2. The molecule has 106 valence electrons. The monoisotopic (exact) mass is 264 g/mol. The highest BCUT2D eigenvalue weighted by molar-refractivity contribution is 5.72. The Labute approximate surface area is 115 Å². The molecule has 0 unspecified atom stereocenters. The van der Waals surface area contributed by atoms with Crippen LogP contribution in [0.5, 0.6) is 11.5 Å². The van der Waals surface area contributed by atoms with Crippen molar-refractivity contribution in [2.24, 2.45) is 5.41 Å². The molecule has 1 saturated carbocycles. The Morgan fingerprint density at radius 1 is 1.16 bits per heavy atom. The molecule has 4 nitrogen and oxygen atoms in total. The number of rotatable bonds is 5. The Hall–Kier alpha value is -1.58. The molecule has 1 aromatic rings. The van der Waals surface area contributed by atoms with Gasteiger partial charge in [-0.05, 0) is 18.3 Å². The third kappa shape index (κ3) is 3.06. The summed E-state index contributed by atoms with van der Waals surface area (Å²) in [7, 11) is 3.25. The first-order chi connectivity index (χ1) is 9.08. The second-order valence-electron chi connectivity index (χ2n) is 5.67. The lowest BCUT2D eigenvalue weighted by molar-refractivity contribution is 0.354. The van der Waals surface area contributed by atoms with Gasteiger partial charge in [0.15, 0.2) is 11.5 Å². The van der Waals surface area contributed by atoms with Crippen LogP contribution in [0.25, 0.3) is 0 Å². The van der Waals surface area contributed by atoms with Gasteiger partial charge in [0.2, 0.25) is 0 Å². The topological polar surface area (TPSA) is 56.5 Å². The smallest absolute Gasteiger partial charge is 0.162 e. The van der Waals surface area contributed by atoms with Crippen molar-refractivity contribution < 1.29 is 9.47 Å². The van der Waals surface area contributed by atoms with Crippen LogP contribution in [0.1, 0.15) is 32.6 Å². The molecule has 3 N–H and O–H groups in total. The number of ether oxygens (including phenoxy) is 2. The SMILES string of the molecule is COc1cc(N)c(NCC2(C)CCCC2)cc1OC. The Morgan fingerprint density at radius 2 is 1.74 bits per heavy atom. The van der Waals surface area contributed by atoms with Gasteiger partial charge in [-0.3, -0.25) is 0 Å². The summed E-state index contributed by atoms with van der Waals surface area (Å²) >= 11 is 0. The van der Waals surface area contributed by atoms with Gasteiger partial charge in [-0.25, -0.2) is 0 Å². The number of nitrogens with one attached hydrogen (secondary N) is 1. The Bertz CT molecular complexity index is 440. The zero-order valence-electron chi connectivity index (χ0n) is 12.1. The van der Waals surface area contributed by atoms with Crippen molar-refractivity contribution in [1.29, 1.82) is 0 Å². The molecule has 0 spiro atoms. The zero-order valence-corrected chi connectivity index (χ0v) is 12.1. The molecular weight excluding hydrogens is 240 g/mol. The van der Waals surface area contributed by atoms with Gasteiger partial charge in [0.25, 0.3) is 0 Å². The molecule has 2 rings (SSSR count). The Kier molecular flexibility index (Phi) is 4.08. The molecule has 0 atom stereocenters. The quantitative estimate of drug-likeness (QED) is 0.801. The molecule has 4 heteroatoms. The van der Waals surface area contributed by atoms with E-state index in [1.54, 1.807) is 20.3 Å². The third-order valence-corrected chi connectivity index (χ3v) is 4.07. The lowest BCUT2D eigenvalue weighted by Gasteiger charge is -2.25. The maximum atomic E-state index is 6.05. The number of hydrogen-bond acceptors (Lipinski definition) is 4. The van der Waals surface area contributed by atoms with Crippen molar-refractivity contribution in [3.8, 4) is 11.5 Å². The molecule has 19 heavy (non-hydrogen) atoms. The molecule has 0 bridgehead atoms. The third-order valence-electron chi connectivity index (χ3n) is 4.07. The maximum absolute atomic E-state index is 6.05. The van der Waals surface area contributed by atoms with Crippen LogP contribution in [0.2, 0.25) is 0 Å². The summed E-state index contributed by atoms with van der Waals surface area (Å²) in [5.41, 5.74) is 8.05. The lowest BCUT2D eigenvalue weighted by atomic mass is 9.89. The average Bonchev–Trinajstić information content (AvgIpc) is 2.84. The van der Waals surface area contributed by atoms with Gasteiger partial charge in [-0.15, -0.1) is 0 Å². The van der Waals surface area contributed by atoms with E-state index in [4.69, 9.17) is 15.2 Å². The summed E-state index contributed by atoms with van der Waals surface area (Å²) in [5, 5.41) is 3.46. The summed E-state index contributed by atoms with van der Waals surface area (Å²) in [4.78, 5) is 0. The highest BCUT2D eigenvalue weighted by Gasteiger charge is 2.28. The van der Waals surface area contributed by atoms with Crippen molar-refractivity contribution in [1.82, 2.24) is 0 Å². The Balaban J connectivity index is 2.11. The summed E-state index contributed by atoms with van der Waals surface area (Å²) in [5.74, 6) is 1.37. The molecule has 0 aromatic heterocycles.